The molecule has 4 heteroatoms. The van der Waals surface area contributed by atoms with Crippen LogP contribution in [-0.4, -0.2) is 29.3 Å². The standard InChI is InChI=1S/C8H17NO3/c1-6(5-10)2-7(4-9)3-8(11)12/h6-7,10H,2-5,9H2,1H3,(H,11,12)/t6-,7-/m0/s1. The summed E-state index contributed by atoms with van der Waals surface area (Å²) in [7, 11) is 0. The average Bonchev–Trinajstić information content (AvgIpc) is 2.02. The van der Waals surface area contributed by atoms with Gasteiger partial charge in [0.2, 0.25) is 0 Å². The Labute approximate surface area is 72.4 Å². The summed E-state index contributed by atoms with van der Waals surface area (Å²) in [4.78, 5) is 10.3. The summed E-state index contributed by atoms with van der Waals surface area (Å²) in [6.45, 7) is 2.34. The molecule has 0 saturated heterocycles. The minimum absolute atomic E-state index is 0.00958. The van der Waals surface area contributed by atoms with Crippen molar-refractivity contribution in [1.82, 2.24) is 0 Å². The van der Waals surface area contributed by atoms with Gasteiger partial charge in [-0.15, -0.1) is 0 Å². The Balaban J connectivity index is 3.74. The van der Waals surface area contributed by atoms with Gasteiger partial charge in [-0.1, -0.05) is 6.92 Å². The SMILES string of the molecule is C[C@H](CO)C[C@H](CN)CC(=O)O. The molecular formula is C8H17NO3. The third kappa shape index (κ3) is 5.09. The van der Waals surface area contributed by atoms with Gasteiger partial charge in [-0.2, -0.15) is 0 Å². The van der Waals surface area contributed by atoms with Crippen molar-refractivity contribution in [1.29, 1.82) is 0 Å². The van der Waals surface area contributed by atoms with Gasteiger partial charge in [0.15, 0.2) is 0 Å². The monoisotopic (exact) mass is 175 g/mol. The van der Waals surface area contributed by atoms with Gasteiger partial charge >= 0.3 is 5.97 Å². The second-order valence-electron chi connectivity index (χ2n) is 3.22. The van der Waals surface area contributed by atoms with E-state index in [4.69, 9.17) is 15.9 Å². The zero-order valence-corrected chi connectivity index (χ0v) is 7.36. The highest BCUT2D eigenvalue weighted by Gasteiger charge is 2.14. The first-order valence-corrected chi connectivity index (χ1v) is 4.12. The van der Waals surface area contributed by atoms with E-state index in [1.165, 1.54) is 0 Å². The third-order valence-electron chi connectivity index (χ3n) is 1.84. The van der Waals surface area contributed by atoms with Crippen LogP contribution in [0.5, 0.6) is 0 Å². The Morgan fingerprint density at radius 1 is 1.58 bits per heavy atom. The highest BCUT2D eigenvalue weighted by molar-refractivity contribution is 5.67. The van der Waals surface area contributed by atoms with Crippen LogP contribution in [0.15, 0.2) is 0 Å². The Morgan fingerprint density at radius 2 is 2.17 bits per heavy atom. The molecule has 0 aliphatic rings. The van der Waals surface area contributed by atoms with Crippen molar-refractivity contribution < 1.29 is 15.0 Å². The second kappa shape index (κ2) is 5.97. The lowest BCUT2D eigenvalue weighted by atomic mass is 9.94. The van der Waals surface area contributed by atoms with E-state index in [-0.39, 0.29) is 24.9 Å². The van der Waals surface area contributed by atoms with Crippen LogP contribution in [0.3, 0.4) is 0 Å². The molecular weight excluding hydrogens is 158 g/mol. The zero-order valence-electron chi connectivity index (χ0n) is 7.36. The van der Waals surface area contributed by atoms with Gasteiger partial charge in [0.1, 0.15) is 0 Å². The molecule has 0 heterocycles. The molecule has 0 amide bonds. The van der Waals surface area contributed by atoms with Crippen molar-refractivity contribution in [2.45, 2.75) is 19.8 Å². The van der Waals surface area contributed by atoms with E-state index in [0.29, 0.717) is 13.0 Å². The average molecular weight is 175 g/mol. The molecule has 0 fully saturated rings. The molecule has 4 nitrogen and oxygen atoms in total. The van der Waals surface area contributed by atoms with E-state index < -0.39 is 5.97 Å². The lowest BCUT2D eigenvalue weighted by molar-refractivity contribution is -0.138. The van der Waals surface area contributed by atoms with Crippen LogP contribution >= 0.6 is 0 Å². The number of carboxylic acids is 1. The number of carbonyl (C=O) groups is 1. The summed E-state index contributed by atoms with van der Waals surface area (Å²) >= 11 is 0. The fourth-order valence-corrected chi connectivity index (χ4v) is 1.15. The third-order valence-corrected chi connectivity index (χ3v) is 1.84. The van der Waals surface area contributed by atoms with Crippen molar-refractivity contribution in [3.8, 4) is 0 Å². The molecule has 0 aromatic carbocycles. The van der Waals surface area contributed by atoms with Crippen LogP contribution in [0, 0.1) is 11.8 Å². The molecule has 0 bridgehead atoms. The first-order chi connectivity index (χ1) is 5.60. The Bertz CT molecular complexity index is 138. The van der Waals surface area contributed by atoms with Gasteiger partial charge in [0.05, 0.1) is 0 Å². The molecule has 0 aliphatic heterocycles. The summed E-state index contributed by atoms with van der Waals surface area (Å²) in [5.74, 6) is -0.696. The largest absolute Gasteiger partial charge is 0.481 e. The number of hydrogen-bond acceptors (Lipinski definition) is 3. The Kier molecular flexibility index (Phi) is 5.66. The predicted molar refractivity (Wildman–Crippen MR) is 45.7 cm³/mol. The van der Waals surface area contributed by atoms with Crippen LogP contribution in [0.25, 0.3) is 0 Å². The summed E-state index contributed by atoms with van der Waals surface area (Å²) in [5, 5.41) is 17.2. The van der Waals surface area contributed by atoms with Gasteiger partial charge < -0.3 is 15.9 Å². The maximum Gasteiger partial charge on any atom is 0.303 e. The Morgan fingerprint density at radius 3 is 2.50 bits per heavy atom. The number of aliphatic carboxylic acids is 1. The van der Waals surface area contributed by atoms with E-state index in [1.54, 1.807) is 0 Å². The van der Waals surface area contributed by atoms with Crippen LogP contribution in [0.1, 0.15) is 19.8 Å². The lowest BCUT2D eigenvalue weighted by Gasteiger charge is -2.15. The van der Waals surface area contributed by atoms with Gasteiger partial charge in [-0.25, -0.2) is 0 Å². The minimum Gasteiger partial charge on any atom is -0.481 e. The molecule has 4 N–H and O–H groups in total. The number of hydrogen-bond donors (Lipinski definition) is 3. The summed E-state index contributed by atoms with van der Waals surface area (Å²) in [5.41, 5.74) is 5.38. The summed E-state index contributed by atoms with van der Waals surface area (Å²) < 4.78 is 0. The number of nitrogens with two attached hydrogens (primary N) is 1. The van der Waals surface area contributed by atoms with E-state index in [0.717, 1.165) is 0 Å². The van der Waals surface area contributed by atoms with Crippen LogP contribution in [0.2, 0.25) is 0 Å². The maximum absolute atomic E-state index is 10.3. The smallest absolute Gasteiger partial charge is 0.303 e. The van der Waals surface area contributed by atoms with Crippen molar-refractivity contribution in [3.05, 3.63) is 0 Å². The molecule has 0 saturated carbocycles. The topological polar surface area (TPSA) is 83.5 Å². The van der Waals surface area contributed by atoms with Crippen LogP contribution in [-0.2, 0) is 4.79 Å². The van der Waals surface area contributed by atoms with E-state index in [1.807, 2.05) is 6.92 Å². The van der Waals surface area contributed by atoms with Gasteiger partial charge in [0, 0.05) is 13.0 Å². The first kappa shape index (κ1) is 11.4. The number of aliphatic hydroxyl groups excluding tert-OH is 1. The lowest BCUT2D eigenvalue weighted by Crippen LogP contribution is -2.21. The van der Waals surface area contributed by atoms with Gasteiger partial charge in [0.25, 0.3) is 0 Å². The van der Waals surface area contributed by atoms with Gasteiger partial charge in [-0.05, 0) is 24.8 Å². The van der Waals surface area contributed by atoms with Crippen molar-refractivity contribution in [2.24, 2.45) is 17.6 Å². The molecule has 0 spiro atoms. The molecule has 0 aromatic rings. The number of carboxylic acid groups (broad SMARTS) is 1. The van der Waals surface area contributed by atoms with E-state index >= 15 is 0 Å². The van der Waals surface area contributed by atoms with Crippen molar-refractivity contribution >= 4 is 5.97 Å². The molecule has 0 rings (SSSR count). The summed E-state index contributed by atoms with van der Waals surface area (Å²) in [6.07, 6.45) is 0.778. The Hall–Kier alpha value is -0.610. The molecule has 2 atom stereocenters. The highest BCUT2D eigenvalue weighted by Crippen LogP contribution is 2.13. The minimum atomic E-state index is -0.824. The predicted octanol–water partition coefficient (Wildman–Crippen LogP) is 0.0545. The molecule has 0 aromatic heterocycles. The molecule has 72 valence electrons. The number of aliphatic hydroxyl groups is 1. The molecule has 0 unspecified atom stereocenters. The normalized spacial score (nSPS) is 15.6. The quantitative estimate of drug-likeness (QED) is 0.532. The first-order valence-electron chi connectivity index (χ1n) is 4.12. The van der Waals surface area contributed by atoms with Crippen LogP contribution < -0.4 is 5.73 Å². The summed E-state index contributed by atoms with van der Waals surface area (Å²) in [6, 6.07) is 0. The fraction of sp³-hybridized carbons (Fsp3) is 0.875. The van der Waals surface area contributed by atoms with Crippen molar-refractivity contribution in [3.63, 3.8) is 0 Å². The maximum atomic E-state index is 10.3. The van der Waals surface area contributed by atoms with E-state index in [2.05, 4.69) is 0 Å². The second-order valence-corrected chi connectivity index (χ2v) is 3.22. The zero-order chi connectivity index (χ0) is 9.56. The van der Waals surface area contributed by atoms with Gasteiger partial charge in [-0.3, -0.25) is 4.79 Å². The van der Waals surface area contributed by atoms with Crippen LogP contribution in [0.4, 0.5) is 0 Å². The van der Waals surface area contributed by atoms with Crippen molar-refractivity contribution in [2.75, 3.05) is 13.2 Å². The molecule has 0 radical (unpaired) electrons. The molecule has 12 heavy (non-hydrogen) atoms. The fourth-order valence-electron chi connectivity index (χ4n) is 1.15. The van der Waals surface area contributed by atoms with E-state index in [9.17, 15) is 4.79 Å². The highest BCUT2D eigenvalue weighted by atomic mass is 16.4. The number of rotatable bonds is 6. The molecule has 0 aliphatic carbocycles.